The van der Waals surface area contributed by atoms with Crippen LogP contribution in [0.25, 0.3) is 0 Å². The normalized spacial score (nSPS) is 11.6. The molecule has 0 fully saturated rings. The molecule has 0 aromatic carbocycles. The maximum atomic E-state index is 12.7. The molecular formula is C11H8F3N3O2S2. The third-order valence-electron chi connectivity index (χ3n) is 2.33. The first-order valence-corrected chi connectivity index (χ1v) is 7.22. The van der Waals surface area contributed by atoms with Crippen LogP contribution in [-0.4, -0.2) is 25.4 Å². The number of nitrogens with zero attached hydrogens (tertiary/aromatic N) is 3. The molecule has 2 rings (SSSR count). The van der Waals surface area contributed by atoms with Crippen molar-refractivity contribution in [2.24, 2.45) is 0 Å². The van der Waals surface area contributed by atoms with Gasteiger partial charge >= 0.3 is 12.1 Å². The third-order valence-corrected chi connectivity index (χ3v) is 4.12. The Morgan fingerprint density at radius 3 is 2.62 bits per heavy atom. The second-order valence-electron chi connectivity index (χ2n) is 3.78. The zero-order valence-corrected chi connectivity index (χ0v) is 12.1. The Morgan fingerprint density at radius 1 is 1.38 bits per heavy atom. The summed E-state index contributed by atoms with van der Waals surface area (Å²) in [6.45, 7) is 1.84. The molecule has 5 nitrogen and oxygen atoms in total. The molecule has 0 amide bonds. The average molecular weight is 335 g/mol. The van der Waals surface area contributed by atoms with Crippen molar-refractivity contribution in [3.8, 4) is 0 Å². The van der Waals surface area contributed by atoms with Crippen LogP contribution in [-0.2, 0) is 12.6 Å². The lowest BCUT2D eigenvalue weighted by atomic mass is 10.2. The molecule has 0 saturated carbocycles. The van der Waals surface area contributed by atoms with Crippen molar-refractivity contribution in [3.63, 3.8) is 0 Å². The number of carboxylic acid groups (broad SMARTS) is 1. The zero-order chi connectivity index (χ0) is 15.6. The monoisotopic (exact) mass is 335 g/mol. The van der Waals surface area contributed by atoms with Crippen molar-refractivity contribution in [2.45, 2.75) is 28.9 Å². The highest BCUT2D eigenvalue weighted by Gasteiger charge is 2.33. The molecule has 10 heteroatoms. The van der Waals surface area contributed by atoms with Gasteiger partial charge in [0, 0.05) is 6.42 Å². The molecule has 0 radical (unpaired) electrons. The van der Waals surface area contributed by atoms with Gasteiger partial charge in [-0.25, -0.2) is 14.8 Å². The van der Waals surface area contributed by atoms with E-state index >= 15 is 0 Å². The van der Waals surface area contributed by atoms with Crippen LogP contribution in [0.2, 0.25) is 0 Å². The van der Waals surface area contributed by atoms with E-state index in [0.717, 1.165) is 29.4 Å². The first-order chi connectivity index (χ1) is 9.81. The van der Waals surface area contributed by atoms with Crippen molar-refractivity contribution in [1.82, 2.24) is 14.3 Å². The number of rotatable bonds is 4. The number of pyridine rings is 1. The highest BCUT2D eigenvalue weighted by molar-refractivity contribution is 8.01. The molecule has 0 atom stereocenters. The van der Waals surface area contributed by atoms with Gasteiger partial charge in [-0.15, -0.1) is 0 Å². The van der Waals surface area contributed by atoms with E-state index in [2.05, 4.69) is 14.3 Å². The number of halogens is 3. The molecule has 0 unspecified atom stereocenters. The van der Waals surface area contributed by atoms with Gasteiger partial charge in [0.05, 0.1) is 5.56 Å². The highest BCUT2D eigenvalue weighted by Crippen LogP contribution is 2.34. The fraction of sp³-hybridized carbons (Fsp3) is 0.273. The van der Waals surface area contributed by atoms with Crippen molar-refractivity contribution in [3.05, 3.63) is 29.2 Å². The van der Waals surface area contributed by atoms with E-state index < -0.39 is 17.8 Å². The van der Waals surface area contributed by atoms with Crippen LogP contribution in [0.4, 0.5) is 13.2 Å². The number of hydrogen-bond acceptors (Lipinski definition) is 6. The van der Waals surface area contributed by atoms with Gasteiger partial charge in [-0.2, -0.15) is 17.5 Å². The van der Waals surface area contributed by atoms with E-state index in [1.165, 1.54) is 0 Å². The molecule has 0 aliphatic heterocycles. The van der Waals surface area contributed by atoms with E-state index in [0.29, 0.717) is 22.7 Å². The van der Waals surface area contributed by atoms with Crippen molar-refractivity contribution in [1.29, 1.82) is 0 Å². The van der Waals surface area contributed by atoms with Gasteiger partial charge in [-0.05, 0) is 35.4 Å². The number of hydrogen-bond donors (Lipinski definition) is 1. The summed E-state index contributed by atoms with van der Waals surface area (Å²) in [6.07, 6.45) is -4.05. The van der Waals surface area contributed by atoms with E-state index in [-0.39, 0.29) is 10.6 Å². The summed E-state index contributed by atoms with van der Waals surface area (Å²) in [5.41, 5.74) is -1.45. The van der Waals surface area contributed by atoms with Gasteiger partial charge in [0.15, 0.2) is 4.34 Å². The minimum absolute atomic E-state index is 0.254. The predicted octanol–water partition coefficient (Wildman–Crippen LogP) is 3.36. The van der Waals surface area contributed by atoms with Crippen LogP contribution < -0.4 is 0 Å². The maximum absolute atomic E-state index is 12.7. The second-order valence-corrected chi connectivity index (χ2v) is 5.77. The van der Waals surface area contributed by atoms with Crippen LogP contribution in [0.15, 0.2) is 21.5 Å². The van der Waals surface area contributed by atoms with Crippen molar-refractivity contribution >= 4 is 29.3 Å². The molecule has 1 N–H and O–H groups in total. The Balaban J connectivity index is 2.41. The lowest BCUT2D eigenvalue weighted by Crippen LogP contribution is -2.11. The Bertz CT molecular complexity index is 673. The first-order valence-electron chi connectivity index (χ1n) is 5.63. The van der Waals surface area contributed by atoms with Gasteiger partial charge in [-0.3, -0.25) is 0 Å². The summed E-state index contributed by atoms with van der Waals surface area (Å²) in [5.74, 6) is -0.801. The van der Waals surface area contributed by atoms with E-state index in [9.17, 15) is 18.0 Å². The Labute approximate surface area is 125 Å². The summed E-state index contributed by atoms with van der Waals surface area (Å²) < 4.78 is 42.3. The Kier molecular flexibility index (Phi) is 4.47. The summed E-state index contributed by atoms with van der Waals surface area (Å²) in [7, 11) is 0. The first kappa shape index (κ1) is 15.7. The number of carboxylic acids is 1. The van der Waals surface area contributed by atoms with Gasteiger partial charge in [-0.1, -0.05) is 6.92 Å². The van der Waals surface area contributed by atoms with E-state index in [1.54, 1.807) is 0 Å². The molecule has 112 valence electrons. The standard InChI is InChI=1S/C11H8F3N3O2S2/c1-2-7-16-10(21-17-7)20-8-5(9(18)19)3-4-6(15-8)11(12,13)14/h3-4H,2H2,1H3,(H,18,19). The number of aromatic carboxylic acids is 1. The SMILES string of the molecule is CCc1nsc(Sc2nc(C(F)(F)F)ccc2C(=O)O)n1. The van der Waals surface area contributed by atoms with Crippen LogP contribution >= 0.6 is 23.3 Å². The fourth-order valence-corrected chi connectivity index (χ4v) is 3.07. The van der Waals surface area contributed by atoms with Crippen LogP contribution in [0.1, 0.15) is 28.8 Å². The second kappa shape index (κ2) is 5.98. The molecular weight excluding hydrogens is 327 g/mol. The van der Waals surface area contributed by atoms with Crippen molar-refractivity contribution < 1.29 is 23.1 Å². The molecule has 0 aliphatic rings. The van der Waals surface area contributed by atoms with Gasteiger partial charge in [0.2, 0.25) is 0 Å². The van der Waals surface area contributed by atoms with Gasteiger partial charge in [0.25, 0.3) is 0 Å². The minimum Gasteiger partial charge on any atom is -0.478 e. The van der Waals surface area contributed by atoms with E-state index in [1.807, 2.05) is 6.92 Å². The number of aromatic nitrogens is 3. The Morgan fingerprint density at radius 2 is 2.10 bits per heavy atom. The van der Waals surface area contributed by atoms with Crippen LogP contribution in [0.5, 0.6) is 0 Å². The smallest absolute Gasteiger partial charge is 0.433 e. The fourth-order valence-electron chi connectivity index (χ4n) is 1.34. The highest BCUT2D eigenvalue weighted by atomic mass is 32.2. The van der Waals surface area contributed by atoms with Crippen LogP contribution in [0, 0.1) is 0 Å². The third kappa shape index (κ3) is 3.70. The zero-order valence-electron chi connectivity index (χ0n) is 10.5. The van der Waals surface area contributed by atoms with E-state index in [4.69, 9.17) is 5.11 Å². The number of aryl methyl sites for hydroxylation is 1. The lowest BCUT2D eigenvalue weighted by Gasteiger charge is -2.08. The molecule has 0 bridgehead atoms. The number of carbonyl (C=O) groups is 1. The summed E-state index contributed by atoms with van der Waals surface area (Å²) in [6, 6.07) is 1.54. The van der Waals surface area contributed by atoms with Crippen LogP contribution in [0.3, 0.4) is 0 Å². The molecule has 2 heterocycles. The molecule has 0 spiro atoms. The van der Waals surface area contributed by atoms with Crippen molar-refractivity contribution in [2.75, 3.05) is 0 Å². The Hall–Kier alpha value is -1.68. The summed E-state index contributed by atoms with van der Waals surface area (Å²) >= 11 is 1.75. The molecule has 0 saturated heterocycles. The summed E-state index contributed by atoms with van der Waals surface area (Å²) in [4.78, 5) is 18.5. The minimum atomic E-state index is -4.64. The average Bonchev–Trinajstić information content (AvgIpc) is 2.85. The molecule has 2 aromatic rings. The summed E-state index contributed by atoms with van der Waals surface area (Å²) in [5, 5.41) is 8.77. The quantitative estimate of drug-likeness (QED) is 0.923. The molecule has 21 heavy (non-hydrogen) atoms. The molecule has 0 aliphatic carbocycles. The largest absolute Gasteiger partial charge is 0.478 e. The lowest BCUT2D eigenvalue weighted by molar-refractivity contribution is -0.141. The topological polar surface area (TPSA) is 76.0 Å². The van der Waals surface area contributed by atoms with Gasteiger partial charge in [0.1, 0.15) is 16.5 Å². The number of alkyl halides is 3. The maximum Gasteiger partial charge on any atom is 0.433 e. The predicted molar refractivity (Wildman–Crippen MR) is 69.6 cm³/mol. The van der Waals surface area contributed by atoms with Gasteiger partial charge < -0.3 is 5.11 Å². The molecule has 2 aromatic heterocycles.